The van der Waals surface area contributed by atoms with Crippen LogP contribution in [0.4, 0.5) is 10.1 Å². The van der Waals surface area contributed by atoms with Gasteiger partial charge >= 0.3 is 0 Å². The molecule has 0 saturated heterocycles. The molecule has 2 aromatic carbocycles. The van der Waals surface area contributed by atoms with Crippen molar-refractivity contribution in [3.8, 4) is 0 Å². The highest BCUT2D eigenvalue weighted by Crippen LogP contribution is 2.18. The number of likely N-dealkylation sites (N-methyl/N-ethyl adjacent to an activating group) is 1. The predicted octanol–water partition coefficient (Wildman–Crippen LogP) is 3.51. The Morgan fingerprint density at radius 1 is 1.14 bits per heavy atom. The zero-order valence-corrected chi connectivity index (χ0v) is 13.2. The van der Waals surface area contributed by atoms with Crippen LogP contribution in [0.25, 0.3) is 0 Å². The first kappa shape index (κ1) is 16.2. The van der Waals surface area contributed by atoms with Gasteiger partial charge in [-0.2, -0.15) is 0 Å². The summed E-state index contributed by atoms with van der Waals surface area (Å²) in [7, 11) is 1.80. The molecule has 0 fully saturated rings. The molecule has 0 aliphatic rings. The lowest BCUT2D eigenvalue weighted by atomic mass is 10.1. The smallest absolute Gasteiger partial charge is 0.238 e. The first-order valence-electron chi connectivity index (χ1n) is 7.25. The first-order chi connectivity index (χ1) is 10.5. The molecule has 0 aromatic heterocycles. The summed E-state index contributed by atoms with van der Waals surface area (Å²) in [5, 5.41) is 2.91. The molecule has 0 atom stereocenters. The largest absolute Gasteiger partial charge is 0.325 e. The number of carbonyl (C=O) groups excluding carboxylic acids is 1. The fraction of sp³-hybridized carbons (Fsp3) is 0.278. The summed E-state index contributed by atoms with van der Waals surface area (Å²) in [6.45, 7) is 4.60. The second-order valence-electron chi connectivity index (χ2n) is 5.56. The molecule has 3 nitrogen and oxygen atoms in total. The molecule has 0 spiro atoms. The summed E-state index contributed by atoms with van der Waals surface area (Å²) in [6, 6.07) is 12.4. The molecule has 0 aliphatic carbocycles. The number of amides is 1. The number of carbonyl (C=O) groups is 1. The van der Waals surface area contributed by atoms with Crippen LogP contribution >= 0.6 is 0 Å². The fourth-order valence-corrected chi connectivity index (χ4v) is 2.29. The minimum atomic E-state index is -0.246. The van der Waals surface area contributed by atoms with Gasteiger partial charge in [0.05, 0.1) is 6.54 Å². The Kier molecular flexibility index (Phi) is 5.28. The fourth-order valence-electron chi connectivity index (χ4n) is 2.29. The van der Waals surface area contributed by atoms with E-state index < -0.39 is 0 Å². The van der Waals surface area contributed by atoms with Crippen molar-refractivity contribution >= 4 is 11.6 Å². The molecule has 1 amide bonds. The Bertz CT molecular complexity index is 670. The maximum Gasteiger partial charge on any atom is 0.238 e. The van der Waals surface area contributed by atoms with Gasteiger partial charge in [0.25, 0.3) is 0 Å². The van der Waals surface area contributed by atoms with Crippen molar-refractivity contribution in [2.24, 2.45) is 0 Å². The minimum Gasteiger partial charge on any atom is -0.325 e. The first-order valence-corrected chi connectivity index (χ1v) is 7.25. The molecule has 116 valence electrons. The van der Waals surface area contributed by atoms with E-state index in [0.29, 0.717) is 12.1 Å². The molecule has 22 heavy (non-hydrogen) atoms. The van der Waals surface area contributed by atoms with E-state index in [-0.39, 0.29) is 18.3 Å². The van der Waals surface area contributed by atoms with Gasteiger partial charge in [-0.15, -0.1) is 0 Å². The van der Waals surface area contributed by atoms with Crippen molar-refractivity contribution in [3.05, 3.63) is 65.0 Å². The Hall–Kier alpha value is -2.20. The van der Waals surface area contributed by atoms with Crippen LogP contribution in [0, 0.1) is 19.7 Å². The lowest BCUT2D eigenvalue weighted by Gasteiger charge is -2.17. The van der Waals surface area contributed by atoms with Crippen molar-refractivity contribution in [1.82, 2.24) is 4.90 Å². The highest BCUT2D eigenvalue weighted by atomic mass is 19.1. The number of nitrogens with zero attached hydrogens (tertiary/aromatic N) is 1. The summed E-state index contributed by atoms with van der Waals surface area (Å²) in [5.41, 5.74) is 3.61. The molecule has 2 aromatic rings. The number of hydrogen-bond donors (Lipinski definition) is 1. The predicted molar refractivity (Wildman–Crippen MR) is 87.3 cm³/mol. The number of nitrogens with one attached hydrogen (secondary N) is 1. The Balaban J connectivity index is 1.94. The third-order valence-electron chi connectivity index (χ3n) is 3.69. The summed E-state index contributed by atoms with van der Waals surface area (Å²) in [6.07, 6.45) is 0. The molecule has 2 rings (SSSR count). The van der Waals surface area contributed by atoms with Crippen LogP contribution < -0.4 is 5.32 Å². The third-order valence-corrected chi connectivity index (χ3v) is 3.69. The Labute approximate surface area is 130 Å². The molecule has 0 saturated carbocycles. The van der Waals surface area contributed by atoms with Crippen molar-refractivity contribution < 1.29 is 9.18 Å². The van der Waals surface area contributed by atoms with Gasteiger partial charge in [-0.3, -0.25) is 9.69 Å². The number of rotatable bonds is 5. The van der Waals surface area contributed by atoms with Gasteiger partial charge < -0.3 is 5.32 Å². The lowest BCUT2D eigenvalue weighted by molar-refractivity contribution is -0.117. The second kappa shape index (κ2) is 7.18. The summed E-state index contributed by atoms with van der Waals surface area (Å²) < 4.78 is 13.6. The number of halogens is 1. The molecule has 1 N–H and O–H groups in total. The molecule has 4 heteroatoms. The van der Waals surface area contributed by atoms with Crippen LogP contribution in [0.2, 0.25) is 0 Å². The number of hydrogen-bond acceptors (Lipinski definition) is 2. The lowest BCUT2D eigenvalue weighted by Crippen LogP contribution is -2.30. The minimum absolute atomic E-state index is 0.104. The molecular formula is C18H21FN2O. The van der Waals surface area contributed by atoms with E-state index >= 15 is 0 Å². The summed E-state index contributed by atoms with van der Waals surface area (Å²) in [4.78, 5) is 13.9. The van der Waals surface area contributed by atoms with Crippen LogP contribution in [-0.4, -0.2) is 24.4 Å². The topological polar surface area (TPSA) is 32.3 Å². The zero-order chi connectivity index (χ0) is 16.1. The van der Waals surface area contributed by atoms with Crippen molar-refractivity contribution in [2.75, 3.05) is 18.9 Å². The van der Waals surface area contributed by atoms with Gasteiger partial charge in [-0.1, -0.05) is 30.3 Å². The number of anilines is 1. The van der Waals surface area contributed by atoms with Crippen molar-refractivity contribution in [1.29, 1.82) is 0 Å². The highest BCUT2D eigenvalue weighted by molar-refractivity contribution is 5.93. The van der Waals surface area contributed by atoms with E-state index in [1.165, 1.54) is 6.07 Å². The van der Waals surface area contributed by atoms with E-state index in [9.17, 15) is 9.18 Å². The van der Waals surface area contributed by atoms with Crippen LogP contribution in [0.1, 0.15) is 16.7 Å². The van der Waals surface area contributed by atoms with E-state index in [1.807, 2.05) is 32.0 Å². The maximum absolute atomic E-state index is 13.6. The third kappa shape index (κ3) is 4.15. The molecule has 0 radical (unpaired) electrons. The van der Waals surface area contributed by atoms with Crippen LogP contribution in [0.15, 0.2) is 42.5 Å². The van der Waals surface area contributed by atoms with Crippen molar-refractivity contribution in [2.45, 2.75) is 20.4 Å². The number of aryl methyl sites for hydroxylation is 1. The van der Waals surface area contributed by atoms with E-state index in [0.717, 1.165) is 16.8 Å². The van der Waals surface area contributed by atoms with Crippen LogP contribution in [-0.2, 0) is 11.3 Å². The quantitative estimate of drug-likeness (QED) is 0.916. The average Bonchev–Trinajstić information content (AvgIpc) is 2.46. The van der Waals surface area contributed by atoms with Gasteiger partial charge in [0.1, 0.15) is 5.82 Å². The standard InChI is InChI=1S/C18H21FN2O/c1-13-7-6-10-17(14(13)2)20-18(22)12-21(3)11-15-8-4-5-9-16(15)19/h4-10H,11-12H2,1-3H3,(H,20,22). The van der Waals surface area contributed by atoms with Crippen molar-refractivity contribution in [3.63, 3.8) is 0 Å². The SMILES string of the molecule is Cc1cccc(NC(=O)CN(C)Cc2ccccc2F)c1C. The van der Waals surface area contributed by atoms with E-state index in [4.69, 9.17) is 0 Å². The zero-order valence-electron chi connectivity index (χ0n) is 13.2. The molecule has 0 aliphatic heterocycles. The van der Waals surface area contributed by atoms with Gasteiger partial charge in [-0.05, 0) is 44.2 Å². The van der Waals surface area contributed by atoms with Crippen LogP contribution in [0.5, 0.6) is 0 Å². The molecule has 0 bridgehead atoms. The molecule has 0 heterocycles. The van der Waals surface area contributed by atoms with Gasteiger partial charge in [0.2, 0.25) is 5.91 Å². The van der Waals surface area contributed by atoms with E-state index in [2.05, 4.69) is 5.32 Å². The Morgan fingerprint density at radius 2 is 1.86 bits per heavy atom. The van der Waals surface area contributed by atoms with Crippen LogP contribution in [0.3, 0.4) is 0 Å². The van der Waals surface area contributed by atoms with Gasteiger partial charge in [0, 0.05) is 17.8 Å². The maximum atomic E-state index is 13.6. The number of benzene rings is 2. The molecule has 0 unspecified atom stereocenters. The van der Waals surface area contributed by atoms with Gasteiger partial charge in [0.15, 0.2) is 0 Å². The normalized spacial score (nSPS) is 10.8. The monoisotopic (exact) mass is 300 g/mol. The summed E-state index contributed by atoms with van der Waals surface area (Å²) >= 11 is 0. The Morgan fingerprint density at radius 3 is 2.59 bits per heavy atom. The highest BCUT2D eigenvalue weighted by Gasteiger charge is 2.11. The van der Waals surface area contributed by atoms with Gasteiger partial charge in [-0.25, -0.2) is 4.39 Å². The second-order valence-corrected chi connectivity index (χ2v) is 5.56. The molecular weight excluding hydrogens is 279 g/mol. The summed E-state index contributed by atoms with van der Waals surface area (Å²) in [5.74, 6) is -0.350. The average molecular weight is 300 g/mol. The van der Waals surface area contributed by atoms with E-state index in [1.54, 1.807) is 30.1 Å².